The number of fused-ring (bicyclic) bond motifs is 1. The molecule has 0 saturated heterocycles. The number of carboxylic acids is 1. The lowest BCUT2D eigenvalue weighted by atomic mass is 10.2. The van der Waals surface area contributed by atoms with Crippen molar-refractivity contribution in [3.05, 3.63) is 5.69 Å². The molecule has 108 valence electrons. The first-order valence-corrected chi connectivity index (χ1v) is 7.56. The van der Waals surface area contributed by atoms with Crippen molar-refractivity contribution in [2.75, 3.05) is 5.75 Å². The molecule has 0 amide bonds. The maximum Gasteiger partial charge on any atom is 0.313 e. The predicted molar refractivity (Wildman–Crippen MR) is 77.0 cm³/mol. The fourth-order valence-corrected chi connectivity index (χ4v) is 3.43. The summed E-state index contributed by atoms with van der Waals surface area (Å²) in [5.41, 5.74) is 3.00. The zero-order valence-electron chi connectivity index (χ0n) is 12.0. The number of aryl methyl sites for hydroxylation is 2. The summed E-state index contributed by atoms with van der Waals surface area (Å²) in [6.45, 7) is 6.38. The fraction of sp³-hybridized carbons (Fsp3) is 0.615. The molecule has 1 aliphatic rings. The van der Waals surface area contributed by atoms with Gasteiger partial charge in [-0.15, -0.1) is 0 Å². The molecule has 0 aliphatic heterocycles. The van der Waals surface area contributed by atoms with Gasteiger partial charge in [0.05, 0.1) is 11.4 Å². The van der Waals surface area contributed by atoms with Gasteiger partial charge in [0.1, 0.15) is 5.52 Å². The van der Waals surface area contributed by atoms with Gasteiger partial charge >= 0.3 is 5.97 Å². The van der Waals surface area contributed by atoms with Gasteiger partial charge in [-0.1, -0.05) is 25.6 Å². The number of hydrogen-bond donors (Lipinski definition) is 1. The summed E-state index contributed by atoms with van der Waals surface area (Å²) in [5, 5.41) is 14.1. The quantitative estimate of drug-likeness (QED) is 0.875. The third-order valence-corrected chi connectivity index (χ3v) is 4.84. The second kappa shape index (κ2) is 4.25. The topological polar surface area (TPSA) is 72.9 Å². The van der Waals surface area contributed by atoms with E-state index in [1.807, 2.05) is 18.7 Å². The molecule has 0 bridgehead atoms. The lowest BCUT2D eigenvalue weighted by Gasteiger charge is -2.10. The van der Waals surface area contributed by atoms with E-state index in [1.54, 1.807) is 0 Å². The van der Waals surface area contributed by atoms with Gasteiger partial charge in [-0.25, -0.2) is 4.98 Å². The average molecular weight is 294 g/mol. The van der Waals surface area contributed by atoms with Crippen LogP contribution in [0.3, 0.4) is 0 Å². The minimum atomic E-state index is -0.821. The molecule has 1 N–H and O–H groups in total. The second-order valence-corrected chi connectivity index (χ2v) is 6.98. The van der Waals surface area contributed by atoms with E-state index in [1.165, 1.54) is 11.8 Å². The van der Waals surface area contributed by atoms with Crippen molar-refractivity contribution in [1.29, 1.82) is 0 Å². The minimum Gasteiger partial charge on any atom is -0.481 e. The Labute approximate surface area is 121 Å². The molecule has 1 aliphatic carbocycles. The Bertz CT molecular complexity index is 701. The number of carboxylic acid groups (broad SMARTS) is 1. The van der Waals surface area contributed by atoms with E-state index in [0.29, 0.717) is 6.04 Å². The molecule has 6 nitrogen and oxygen atoms in total. The number of rotatable bonds is 4. The van der Waals surface area contributed by atoms with Crippen LogP contribution < -0.4 is 0 Å². The normalized spacial score (nSPS) is 20.5. The molecule has 1 unspecified atom stereocenters. The van der Waals surface area contributed by atoms with Gasteiger partial charge in [0, 0.05) is 13.1 Å². The summed E-state index contributed by atoms with van der Waals surface area (Å²) in [5.74, 6) is -0.790. The Kier molecular flexibility index (Phi) is 2.86. The van der Waals surface area contributed by atoms with Crippen LogP contribution in [-0.4, -0.2) is 36.2 Å². The lowest BCUT2D eigenvalue weighted by Crippen LogP contribution is -2.07. The van der Waals surface area contributed by atoms with E-state index in [4.69, 9.17) is 5.11 Å². The molecule has 7 heteroatoms. The third-order valence-electron chi connectivity index (χ3n) is 3.90. The number of aliphatic carboxylic acids is 1. The SMILES string of the molecule is Cc1nn(C)c2c1nc(SCC(=O)O)n2C1CC1(C)C. The predicted octanol–water partition coefficient (Wildman–Crippen LogP) is 2.23. The van der Waals surface area contributed by atoms with Gasteiger partial charge in [0.25, 0.3) is 0 Å². The first-order valence-electron chi connectivity index (χ1n) is 6.57. The number of hydrogen-bond acceptors (Lipinski definition) is 4. The van der Waals surface area contributed by atoms with Crippen molar-refractivity contribution in [3.63, 3.8) is 0 Å². The van der Waals surface area contributed by atoms with Crippen molar-refractivity contribution in [2.24, 2.45) is 12.5 Å². The van der Waals surface area contributed by atoms with Gasteiger partial charge in [-0.2, -0.15) is 5.10 Å². The highest BCUT2D eigenvalue weighted by Crippen LogP contribution is 2.57. The van der Waals surface area contributed by atoms with E-state index in [2.05, 4.69) is 28.5 Å². The lowest BCUT2D eigenvalue weighted by molar-refractivity contribution is -0.133. The smallest absolute Gasteiger partial charge is 0.313 e. The summed E-state index contributed by atoms with van der Waals surface area (Å²) in [6.07, 6.45) is 1.09. The summed E-state index contributed by atoms with van der Waals surface area (Å²) in [4.78, 5) is 15.4. The molecule has 2 heterocycles. The largest absolute Gasteiger partial charge is 0.481 e. The summed E-state index contributed by atoms with van der Waals surface area (Å²) < 4.78 is 4.01. The molecule has 0 radical (unpaired) electrons. The van der Waals surface area contributed by atoms with E-state index >= 15 is 0 Å². The van der Waals surface area contributed by atoms with Crippen LogP contribution in [0.25, 0.3) is 11.2 Å². The first kappa shape index (κ1) is 13.5. The van der Waals surface area contributed by atoms with Crippen molar-refractivity contribution < 1.29 is 9.90 Å². The summed E-state index contributed by atoms with van der Waals surface area (Å²) >= 11 is 1.28. The van der Waals surface area contributed by atoms with Crippen LogP contribution in [0.2, 0.25) is 0 Å². The standard InChI is InChI=1S/C13H18N4O2S/c1-7-10-11(16(4)15-7)17(8-5-13(8,2)3)12(14-10)20-6-9(18)19/h8H,5-6H2,1-4H3,(H,18,19). The van der Waals surface area contributed by atoms with E-state index < -0.39 is 5.97 Å². The van der Waals surface area contributed by atoms with Gasteiger partial charge in [-0.3, -0.25) is 9.48 Å². The Hall–Kier alpha value is -1.50. The Morgan fingerprint density at radius 3 is 2.75 bits per heavy atom. The van der Waals surface area contributed by atoms with E-state index in [-0.39, 0.29) is 11.2 Å². The van der Waals surface area contributed by atoms with Gasteiger partial charge in [0.2, 0.25) is 0 Å². The number of nitrogens with zero attached hydrogens (tertiary/aromatic N) is 4. The highest BCUT2D eigenvalue weighted by molar-refractivity contribution is 7.99. The maximum absolute atomic E-state index is 10.8. The van der Waals surface area contributed by atoms with Crippen LogP contribution in [0, 0.1) is 12.3 Å². The second-order valence-electron chi connectivity index (χ2n) is 6.04. The molecule has 3 rings (SSSR count). The van der Waals surface area contributed by atoms with Crippen LogP contribution in [0.1, 0.15) is 32.0 Å². The average Bonchev–Trinajstić information content (AvgIpc) is 2.69. The summed E-state index contributed by atoms with van der Waals surface area (Å²) in [7, 11) is 1.91. The Balaban J connectivity index is 2.11. The number of imidazole rings is 1. The number of carbonyl (C=O) groups is 1. The van der Waals surface area contributed by atoms with Crippen LogP contribution in [0.4, 0.5) is 0 Å². The molecule has 20 heavy (non-hydrogen) atoms. The van der Waals surface area contributed by atoms with Gasteiger partial charge < -0.3 is 9.67 Å². The summed E-state index contributed by atoms with van der Waals surface area (Å²) in [6, 6.07) is 0.374. The highest BCUT2D eigenvalue weighted by Gasteiger charge is 2.49. The minimum absolute atomic E-state index is 0.0307. The van der Waals surface area contributed by atoms with E-state index in [0.717, 1.165) is 28.4 Å². The monoisotopic (exact) mass is 294 g/mol. The Morgan fingerprint density at radius 2 is 2.20 bits per heavy atom. The fourth-order valence-electron chi connectivity index (χ4n) is 2.67. The molecule has 1 atom stereocenters. The third kappa shape index (κ3) is 2.00. The van der Waals surface area contributed by atoms with Crippen LogP contribution in [0.5, 0.6) is 0 Å². The van der Waals surface area contributed by atoms with Crippen molar-refractivity contribution in [1.82, 2.24) is 19.3 Å². The van der Waals surface area contributed by atoms with Crippen LogP contribution >= 0.6 is 11.8 Å². The maximum atomic E-state index is 10.8. The molecule has 2 aromatic heterocycles. The molecular weight excluding hydrogens is 276 g/mol. The Morgan fingerprint density at radius 1 is 1.55 bits per heavy atom. The number of thioether (sulfide) groups is 1. The van der Waals surface area contributed by atoms with Crippen LogP contribution in [0.15, 0.2) is 5.16 Å². The van der Waals surface area contributed by atoms with E-state index in [9.17, 15) is 4.79 Å². The molecule has 2 aromatic rings. The highest BCUT2D eigenvalue weighted by atomic mass is 32.2. The zero-order valence-corrected chi connectivity index (χ0v) is 12.9. The molecule has 1 saturated carbocycles. The zero-order chi connectivity index (χ0) is 14.7. The van der Waals surface area contributed by atoms with Crippen molar-refractivity contribution in [2.45, 2.75) is 38.4 Å². The van der Waals surface area contributed by atoms with Gasteiger partial charge in [0.15, 0.2) is 10.8 Å². The van der Waals surface area contributed by atoms with Crippen molar-refractivity contribution in [3.8, 4) is 0 Å². The molecular formula is C13H18N4O2S. The number of aromatic nitrogens is 4. The van der Waals surface area contributed by atoms with Gasteiger partial charge in [-0.05, 0) is 18.8 Å². The van der Waals surface area contributed by atoms with Crippen LogP contribution in [-0.2, 0) is 11.8 Å². The molecule has 0 aromatic carbocycles. The molecule has 1 fully saturated rings. The first-order chi connectivity index (χ1) is 9.31. The van der Waals surface area contributed by atoms with Crippen molar-refractivity contribution >= 4 is 28.9 Å². The molecule has 0 spiro atoms.